The fraction of sp³-hybridized carbons (Fsp3) is 0.510. The summed E-state index contributed by atoms with van der Waals surface area (Å²) in [4.78, 5) is 26.7. The van der Waals surface area contributed by atoms with E-state index in [0.29, 0.717) is 11.5 Å². The largest absolute Gasteiger partial charge is 0.508 e. The van der Waals surface area contributed by atoms with Crippen molar-refractivity contribution >= 4 is 40.7 Å². The van der Waals surface area contributed by atoms with Crippen molar-refractivity contribution < 1.29 is 38.1 Å². The van der Waals surface area contributed by atoms with E-state index in [0.717, 1.165) is 75.2 Å². The van der Waals surface area contributed by atoms with Crippen LogP contribution in [-0.2, 0) is 39.8 Å². The second-order valence-corrected chi connectivity index (χ2v) is 25.2. The van der Waals surface area contributed by atoms with Gasteiger partial charge in [-0.05, 0) is 130 Å². The highest BCUT2D eigenvalue weighted by atomic mass is 32.2. The summed E-state index contributed by atoms with van der Waals surface area (Å²) in [6.45, 7) is 34.2. The van der Waals surface area contributed by atoms with Crippen LogP contribution in [0.4, 0.5) is 0 Å². The van der Waals surface area contributed by atoms with Crippen LogP contribution in [0.15, 0.2) is 68.1 Å². The monoisotopic (exact) mass is 908 g/mol. The number of benzene rings is 4. The Labute approximate surface area is 375 Å². The molecule has 0 radical (unpaired) electrons. The molecule has 61 heavy (non-hydrogen) atoms. The molecule has 332 valence electrons. The molecule has 4 atom stereocenters. The Hall–Kier alpha value is -2.20. The number of rotatable bonds is 6. The standard InChI is InChI=1S/C49H66O8P2S2/c1-27-17-31(33(45(5,6)7)21-39(27)60-41-23-35(47(11,12)13)37(50)19-29(41)3)43-49(25-54-58(52)56-43)26-55-59(53)57-44(49)32-18-28(2)40(22-34(32)46(8,9)10)61-42-24-36(48(14,15)16)38(51)20-30(42)4/h17-24,43-44,50-53H,25-26H2,1-16H3. The molecule has 12 heteroatoms. The summed E-state index contributed by atoms with van der Waals surface area (Å²) in [7, 11) is -4.47. The predicted molar refractivity (Wildman–Crippen MR) is 251 cm³/mol. The maximum absolute atomic E-state index is 11.2. The van der Waals surface area contributed by atoms with Crippen molar-refractivity contribution in [2.45, 2.75) is 164 Å². The quantitative estimate of drug-likeness (QED) is 0.139. The third-order valence-corrected chi connectivity index (χ3v) is 16.0. The summed E-state index contributed by atoms with van der Waals surface area (Å²) >= 11 is 3.37. The van der Waals surface area contributed by atoms with Gasteiger partial charge < -0.3 is 38.1 Å². The zero-order valence-corrected chi connectivity index (χ0v) is 42.2. The Morgan fingerprint density at radius 2 is 0.754 bits per heavy atom. The Morgan fingerprint density at radius 1 is 0.475 bits per heavy atom. The minimum atomic E-state index is -2.24. The van der Waals surface area contributed by atoms with Crippen molar-refractivity contribution in [3.8, 4) is 11.5 Å². The third kappa shape index (κ3) is 10.1. The zero-order chi connectivity index (χ0) is 45.4. The number of phenolic OH excluding ortho intramolecular Hbond substituents is 2. The molecule has 2 fully saturated rings. The van der Waals surface area contributed by atoms with Crippen LogP contribution in [0.1, 0.15) is 151 Å². The van der Waals surface area contributed by atoms with E-state index in [4.69, 9.17) is 18.1 Å². The van der Waals surface area contributed by atoms with E-state index in [2.05, 4.69) is 133 Å². The topological polar surface area (TPSA) is 118 Å². The van der Waals surface area contributed by atoms with Gasteiger partial charge in [-0.15, -0.1) is 0 Å². The van der Waals surface area contributed by atoms with Crippen LogP contribution in [0.5, 0.6) is 11.5 Å². The predicted octanol–water partition coefficient (Wildman–Crippen LogP) is 14.1. The average Bonchev–Trinajstić information content (AvgIpc) is 3.11. The smallest absolute Gasteiger partial charge is 0.330 e. The second kappa shape index (κ2) is 17.3. The first-order valence-corrected chi connectivity index (χ1v) is 24.8. The molecule has 4 aromatic rings. The second-order valence-electron chi connectivity index (χ2n) is 21.1. The number of phenols is 2. The molecule has 4 N–H and O–H groups in total. The van der Waals surface area contributed by atoms with Crippen LogP contribution in [0.25, 0.3) is 0 Å². The van der Waals surface area contributed by atoms with Gasteiger partial charge in [-0.1, -0.05) is 119 Å². The van der Waals surface area contributed by atoms with Gasteiger partial charge in [0.25, 0.3) is 0 Å². The van der Waals surface area contributed by atoms with Crippen LogP contribution in [-0.4, -0.2) is 33.2 Å². The summed E-state index contributed by atoms with van der Waals surface area (Å²) in [6, 6.07) is 16.8. The van der Waals surface area contributed by atoms with Crippen LogP contribution in [0.2, 0.25) is 0 Å². The molecule has 0 aliphatic carbocycles. The van der Waals surface area contributed by atoms with Crippen molar-refractivity contribution in [2.24, 2.45) is 5.41 Å². The van der Waals surface area contributed by atoms with Gasteiger partial charge in [0, 0.05) is 30.7 Å². The van der Waals surface area contributed by atoms with Crippen molar-refractivity contribution in [1.82, 2.24) is 0 Å². The number of hydrogen-bond donors (Lipinski definition) is 4. The van der Waals surface area contributed by atoms with Crippen molar-refractivity contribution in [3.05, 3.63) is 104 Å². The summed E-state index contributed by atoms with van der Waals surface area (Å²) in [5.41, 5.74) is 7.63. The summed E-state index contributed by atoms with van der Waals surface area (Å²) < 4.78 is 25.4. The molecular weight excluding hydrogens is 843 g/mol. The normalized spacial score (nSPS) is 22.9. The van der Waals surface area contributed by atoms with Gasteiger partial charge in [0.05, 0.1) is 18.6 Å². The van der Waals surface area contributed by atoms with E-state index >= 15 is 0 Å². The molecule has 2 aliphatic rings. The van der Waals surface area contributed by atoms with E-state index in [9.17, 15) is 20.0 Å². The highest BCUT2D eigenvalue weighted by Gasteiger charge is 2.58. The average molecular weight is 909 g/mol. The molecule has 6 rings (SSSR count). The lowest BCUT2D eigenvalue weighted by Gasteiger charge is -2.52. The van der Waals surface area contributed by atoms with Gasteiger partial charge in [0.2, 0.25) is 0 Å². The van der Waals surface area contributed by atoms with Crippen LogP contribution in [0.3, 0.4) is 0 Å². The van der Waals surface area contributed by atoms with Crippen LogP contribution >= 0.6 is 40.7 Å². The first-order chi connectivity index (χ1) is 28.0. The minimum absolute atomic E-state index is 0.0799. The molecule has 4 aromatic carbocycles. The lowest BCUT2D eigenvalue weighted by atomic mass is 9.68. The van der Waals surface area contributed by atoms with Crippen molar-refractivity contribution in [3.63, 3.8) is 0 Å². The summed E-state index contributed by atoms with van der Waals surface area (Å²) in [5, 5.41) is 21.7. The molecule has 0 aromatic heterocycles. The maximum Gasteiger partial charge on any atom is 0.330 e. The number of hydrogen-bond acceptors (Lipinski definition) is 10. The maximum atomic E-state index is 11.2. The van der Waals surface area contributed by atoms with E-state index in [-0.39, 0.29) is 34.9 Å². The Morgan fingerprint density at radius 3 is 1.05 bits per heavy atom. The van der Waals surface area contributed by atoms with Gasteiger partial charge in [-0.25, -0.2) is 0 Å². The molecule has 2 heterocycles. The van der Waals surface area contributed by atoms with Crippen molar-refractivity contribution in [2.75, 3.05) is 13.2 Å². The first-order valence-electron chi connectivity index (χ1n) is 20.9. The molecule has 2 saturated heterocycles. The zero-order valence-electron chi connectivity index (χ0n) is 38.8. The van der Waals surface area contributed by atoms with Crippen LogP contribution in [0, 0.1) is 33.1 Å². The van der Waals surface area contributed by atoms with E-state index < -0.39 is 34.8 Å². The number of aryl methyl sites for hydroxylation is 4. The SMILES string of the molecule is Cc1cc(O)c(C(C)(C)C)cc1Sc1cc(C(C)(C)C)c(C2OP(O)OCC23COP(O)OC3c2cc(C)c(Sc3cc(C(C)(C)C)c(O)cc3C)cc2C(C)(C)C)cc1C. The minimum Gasteiger partial charge on any atom is -0.508 e. The molecule has 8 nitrogen and oxygen atoms in total. The molecular formula is C49H66O8P2S2. The first kappa shape index (κ1) is 48.3. The van der Waals surface area contributed by atoms with E-state index in [1.165, 1.54) is 0 Å². The Balaban J connectivity index is 1.50. The van der Waals surface area contributed by atoms with Gasteiger partial charge in [0.15, 0.2) is 0 Å². The van der Waals surface area contributed by atoms with Gasteiger partial charge in [-0.3, -0.25) is 0 Å². The fourth-order valence-electron chi connectivity index (χ4n) is 8.39. The lowest BCUT2D eigenvalue weighted by Crippen LogP contribution is -2.49. The highest BCUT2D eigenvalue weighted by molar-refractivity contribution is 7.99. The highest BCUT2D eigenvalue weighted by Crippen LogP contribution is 2.66. The lowest BCUT2D eigenvalue weighted by molar-refractivity contribution is -0.156. The van der Waals surface area contributed by atoms with Gasteiger partial charge in [-0.2, -0.15) is 0 Å². The fourth-order valence-corrected chi connectivity index (χ4v) is 12.3. The molecule has 0 amide bonds. The van der Waals surface area contributed by atoms with Gasteiger partial charge in [0.1, 0.15) is 23.7 Å². The summed E-state index contributed by atoms with van der Waals surface area (Å²) in [6.07, 6.45) is -1.45. The number of aromatic hydroxyl groups is 2. The van der Waals surface area contributed by atoms with Gasteiger partial charge >= 0.3 is 17.2 Å². The molecule has 2 aliphatic heterocycles. The molecule has 0 bridgehead atoms. The van der Waals surface area contributed by atoms with E-state index in [1.807, 2.05) is 26.0 Å². The Kier molecular flexibility index (Phi) is 13.7. The summed E-state index contributed by atoms with van der Waals surface area (Å²) in [5.74, 6) is 0.607. The Bertz CT molecular complexity index is 2140. The molecule has 4 unspecified atom stereocenters. The van der Waals surface area contributed by atoms with Crippen LogP contribution < -0.4 is 0 Å². The van der Waals surface area contributed by atoms with E-state index in [1.54, 1.807) is 23.5 Å². The van der Waals surface area contributed by atoms with Crippen molar-refractivity contribution in [1.29, 1.82) is 0 Å². The third-order valence-electron chi connectivity index (χ3n) is 11.8. The molecule has 1 spiro atoms. The molecule has 0 saturated carbocycles.